The minimum atomic E-state index is -5.17. The fourth-order valence-electron chi connectivity index (χ4n) is 0.258. The number of carbonyl (C=O) groups excluding carboxylic acids is 2. The van der Waals surface area contributed by atoms with E-state index in [1.54, 1.807) is 0 Å². The summed E-state index contributed by atoms with van der Waals surface area (Å²) in [6.07, 6.45) is -4.88. The SMILES string of the molecule is O=C([O-])C(O)C(O)C(=O)[O-].O=S(=O)([O-])[O-].[K+].[K+].[K+].[Na+]. The first-order valence-electron chi connectivity index (χ1n) is 2.91. The van der Waals surface area contributed by atoms with Gasteiger partial charge in [-0.2, -0.15) is 0 Å². The molecule has 0 aromatic rings. The molecule has 2 N–H and O–H groups in total. The van der Waals surface area contributed by atoms with Crippen LogP contribution in [0, 0.1) is 0 Å². The molecule has 0 bridgehead atoms. The predicted octanol–water partition coefficient (Wildman–Crippen LogP) is -18.1. The molecular formula is C4H4K3NaO10S. The van der Waals surface area contributed by atoms with Gasteiger partial charge in [0.15, 0.2) is 0 Å². The second-order valence-corrected chi connectivity index (χ2v) is 2.75. The molecule has 0 aromatic carbocycles. The summed E-state index contributed by atoms with van der Waals surface area (Å²) in [7, 11) is -5.17. The van der Waals surface area contributed by atoms with Gasteiger partial charge in [-0.3, -0.25) is 8.42 Å². The third kappa shape index (κ3) is 34.8. The van der Waals surface area contributed by atoms with E-state index in [2.05, 4.69) is 0 Å². The molecule has 0 aliphatic heterocycles. The van der Waals surface area contributed by atoms with Crippen molar-refractivity contribution in [3.8, 4) is 0 Å². The van der Waals surface area contributed by atoms with Crippen molar-refractivity contribution < 1.29 is 231 Å². The Labute approximate surface area is 258 Å². The molecule has 15 heteroatoms. The van der Waals surface area contributed by atoms with E-state index in [4.69, 9.17) is 27.7 Å². The molecule has 0 amide bonds. The van der Waals surface area contributed by atoms with Gasteiger partial charge in [-0.05, 0) is 0 Å². The van der Waals surface area contributed by atoms with E-state index in [9.17, 15) is 19.8 Å². The van der Waals surface area contributed by atoms with Crippen molar-refractivity contribution in [1.82, 2.24) is 0 Å². The van der Waals surface area contributed by atoms with Gasteiger partial charge in [-0.1, -0.05) is 0 Å². The first kappa shape index (κ1) is 38.9. The van der Waals surface area contributed by atoms with Gasteiger partial charge in [0.2, 0.25) is 0 Å². The Morgan fingerprint density at radius 3 is 1.00 bits per heavy atom. The first-order chi connectivity index (χ1) is 6.46. The average molecular weight is 384 g/mol. The number of carboxylic acid groups (broad SMARTS) is 2. The molecule has 0 radical (unpaired) electrons. The van der Waals surface area contributed by atoms with Crippen molar-refractivity contribution in [3.63, 3.8) is 0 Å². The molecule has 19 heavy (non-hydrogen) atoms. The molecule has 0 heterocycles. The Bertz CT molecular complexity index is 308. The molecule has 2 unspecified atom stereocenters. The monoisotopic (exact) mass is 384 g/mol. The van der Waals surface area contributed by atoms with Crippen molar-refractivity contribution in [2.75, 3.05) is 0 Å². The van der Waals surface area contributed by atoms with Crippen LogP contribution in [0.4, 0.5) is 0 Å². The van der Waals surface area contributed by atoms with E-state index >= 15 is 0 Å². The van der Waals surface area contributed by atoms with Gasteiger partial charge in [-0.15, -0.1) is 0 Å². The number of hydrogen-bond acceptors (Lipinski definition) is 10. The van der Waals surface area contributed by atoms with Crippen LogP contribution in [0.1, 0.15) is 0 Å². The summed E-state index contributed by atoms with van der Waals surface area (Å²) < 4.78 is 34.1. The van der Waals surface area contributed by atoms with Crippen LogP contribution in [0.3, 0.4) is 0 Å². The zero-order chi connectivity index (χ0) is 12.8. The Kier molecular flexibility index (Phi) is 42.4. The van der Waals surface area contributed by atoms with E-state index < -0.39 is 34.5 Å². The summed E-state index contributed by atoms with van der Waals surface area (Å²) >= 11 is 0. The number of aliphatic hydroxyl groups is 2. The number of hydrogen-bond donors (Lipinski definition) is 2. The molecule has 0 aromatic heterocycles. The minimum absolute atomic E-state index is 0. The normalized spacial score (nSPS) is 11.4. The quantitative estimate of drug-likeness (QED) is 0.267. The fraction of sp³-hybridized carbons (Fsp3) is 0.500. The zero-order valence-corrected chi connectivity index (χ0v) is 22.9. The Hall–Kier alpha value is 4.64. The van der Waals surface area contributed by atoms with Gasteiger partial charge in [0.05, 0.1) is 11.9 Å². The predicted molar refractivity (Wildman–Crippen MR) is 32.5 cm³/mol. The molecule has 0 aliphatic rings. The summed E-state index contributed by atoms with van der Waals surface area (Å²) in [5.41, 5.74) is 0. The third-order valence-electron chi connectivity index (χ3n) is 0.782. The van der Waals surface area contributed by atoms with Gasteiger partial charge in [0.25, 0.3) is 0 Å². The van der Waals surface area contributed by atoms with Gasteiger partial charge in [0, 0.05) is 10.4 Å². The van der Waals surface area contributed by atoms with Crippen molar-refractivity contribution >= 4 is 22.3 Å². The molecule has 2 atom stereocenters. The van der Waals surface area contributed by atoms with Gasteiger partial charge < -0.3 is 39.1 Å². The van der Waals surface area contributed by atoms with Crippen molar-refractivity contribution in [1.29, 1.82) is 0 Å². The smallest absolute Gasteiger partial charge is 0.759 e. The molecule has 0 saturated heterocycles. The van der Waals surface area contributed by atoms with Gasteiger partial charge in [0.1, 0.15) is 12.2 Å². The third-order valence-corrected chi connectivity index (χ3v) is 0.782. The largest absolute Gasteiger partial charge is 1.00 e. The van der Waals surface area contributed by atoms with Gasteiger partial charge in [-0.25, -0.2) is 0 Å². The summed E-state index contributed by atoms with van der Waals surface area (Å²) in [4.78, 5) is 19.3. The number of carboxylic acids is 2. The maximum atomic E-state index is 9.63. The standard InChI is InChI=1S/C4H6O6.3K.Na.H2O4S/c5-1(3(7)8)2(6)4(9)10;;;;;1-5(2,3)4/h1-2,5-6H,(H,7,8)(H,9,10);;;;;(H2,1,2,3,4)/q;4*+1;/p-4. The minimum Gasteiger partial charge on any atom is -0.759 e. The van der Waals surface area contributed by atoms with Crippen LogP contribution >= 0.6 is 0 Å². The van der Waals surface area contributed by atoms with Crippen LogP contribution in [0.5, 0.6) is 0 Å². The van der Waals surface area contributed by atoms with Crippen LogP contribution < -0.4 is 194 Å². The molecule has 0 spiro atoms. The van der Waals surface area contributed by atoms with E-state index in [0.717, 1.165) is 0 Å². The molecule has 90 valence electrons. The zero-order valence-electron chi connectivity index (χ0n) is 10.7. The van der Waals surface area contributed by atoms with Crippen molar-refractivity contribution in [3.05, 3.63) is 0 Å². The van der Waals surface area contributed by atoms with E-state index in [1.165, 1.54) is 0 Å². The average Bonchev–Trinajstić information content (AvgIpc) is 1.98. The molecular weight excluding hydrogens is 380 g/mol. The maximum Gasteiger partial charge on any atom is 1.00 e. The Morgan fingerprint density at radius 2 is 0.947 bits per heavy atom. The first-order valence-corrected chi connectivity index (χ1v) is 4.24. The van der Waals surface area contributed by atoms with Crippen molar-refractivity contribution in [2.45, 2.75) is 12.2 Å². The number of aliphatic carboxylic acids is 2. The van der Waals surface area contributed by atoms with Crippen LogP contribution in [0.25, 0.3) is 0 Å². The van der Waals surface area contributed by atoms with Crippen LogP contribution in [0.2, 0.25) is 0 Å². The molecule has 0 aliphatic carbocycles. The molecule has 0 rings (SSSR count). The fourth-order valence-corrected chi connectivity index (χ4v) is 0.258. The summed E-state index contributed by atoms with van der Waals surface area (Å²) in [5, 5.41) is 35.7. The summed E-state index contributed by atoms with van der Waals surface area (Å²) in [6, 6.07) is 0. The summed E-state index contributed by atoms with van der Waals surface area (Å²) in [6.45, 7) is 0. The second kappa shape index (κ2) is 20.7. The molecule has 0 fully saturated rings. The second-order valence-electron chi connectivity index (χ2n) is 1.94. The van der Waals surface area contributed by atoms with Crippen LogP contribution in [0.15, 0.2) is 0 Å². The number of carbonyl (C=O) groups is 2. The van der Waals surface area contributed by atoms with E-state index in [0.29, 0.717) is 0 Å². The molecule has 10 nitrogen and oxygen atoms in total. The number of aliphatic hydroxyl groups excluding tert-OH is 2. The summed E-state index contributed by atoms with van der Waals surface area (Å²) in [5.74, 6) is -4.12. The molecule has 0 saturated carbocycles. The Morgan fingerprint density at radius 1 is 0.842 bits per heavy atom. The Balaban J connectivity index is -0.0000000418. The maximum absolute atomic E-state index is 9.63. The topological polar surface area (TPSA) is 201 Å². The number of rotatable bonds is 3. The van der Waals surface area contributed by atoms with Crippen LogP contribution in [-0.2, 0) is 20.0 Å². The van der Waals surface area contributed by atoms with Crippen molar-refractivity contribution in [2.24, 2.45) is 0 Å². The van der Waals surface area contributed by atoms with Gasteiger partial charge >= 0.3 is 184 Å². The van der Waals surface area contributed by atoms with E-state index in [-0.39, 0.29) is 184 Å². The van der Waals surface area contributed by atoms with E-state index in [1.807, 2.05) is 0 Å². The van der Waals surface area contributed by atoms with Crippen LogP contribution in [-0.4, -0.2) is 51.9 Å².